The van der Waals surface area contributed by atoms with Gasteiger partial charge >= 0.3 is 0 Å². The van der Waals surface area contributed by atoms with Crippen molar-refractivity contribution in [2.75, 3.05) is 5.73 Å². The Morgan fingerprint density at radius 1 is 1.33 bits per heavy atom. The molecule has 0 aliphatic rings. The predicted molar refractivity (Wildman–Crippen MR) is 58.5 cm³/mol. The molecule has 2 heterocycles. The number of rotatable bonds is 1. The van der Waals surface area contributed by atoms with Gasteiger partial charge in [0.2, 0.25) is 0 Å². The van der Waals surface area contributed by atoms with Gasteiger partial charge in [0.05, 0.1) is 11.4 Å². The number of nitrogens with zero attached hydrogens (tertiary/aromatic N) is 3. The summed E-state index contributed by atoms with van der Waals surface area (Å²) >= 11 is 5.98. The first-order chi connectivity index (χ1) is 7.09. The van der Waals surface area contributed by atoms with Crippen molar-refractivity contribution < 1.29 is 0 Å². The van der Waals surface area contributed by atoms with Crippen LogP contribution in [0.3, 0.4) is 0 Å². The van der Waals surface area contributed by atoms with Crippen LogP contribution < -0.4 is 5.73 Å². The lowest BCUT2D eigenvalue weighted by Gasteiger charge is -2.06. The standard InChI is InChI=1S/C9H10ClN5/c1-4-5(2)12-15-9(10)8(4)6-3-7(11)14-13-6/h3H,1-2H3,(H3,11,13,14). The van der Waals surface area contributed by atoms with Crippen molar-refractivity contribution in [3.8, 4) is 11.3 Å². The first kappa shape index (κ1) is 9.92. The van der Waals surface area contributed by atoms with E-state index in [1.807, 2.05) is 13.8 Å². The molecule has 0 radical (unpaired) electrons. The normalized spacial score (nSPS) is 10.6. The molecule has 0 spiro atoms. The van der Waals surface area contributed by atoms with Crippen LogP contribution in [0.15, 0.2) is 6.07 Å². The molecule has 2 rings (SSSR count). The summed E-state index contributed by atoms with van der Waals surface area (Å²) in [6.07, 6.45) is 0. The number of nitrogen functional groups attached to an aromatic ring is 1. The van der Waals surface area contributed by atoms with Crippen LogP contribution in [0.2, 0.25) is 5.15 Å². The topological polar surface area (TPSA) is 80.5 Å². The Balaban J connectivity index is 2.66. The molecule has 5 nitrogen and oxygen atoms in total. The lowest BCUT2D eigenvalue weighted by atomic mass is 10.1. The molecule has 0 atom stereocenters. The highest BCUT2D eigenvalue weighted by atomic mass is 35.5. The maximum absolute atomic E-state index is 5.98. The Labute approximate surface area is 91.7 Å². The van der Waals surface area contributed by atoms with Gasteiger partial charge < -0.3 is 5.73 Å². The van der Waals surface area contributed by atoms with Gasteiger partial charge in [-0.2, -0.15) is 10.2 Å². The van der Waals surface area contributed by atoms with Gasteiger partial charge in [0.25, 0.3) is 0 Å². The first-order valence-corrected chi connectivity index (χ1v) is 4.78. The molecule has 0 unspecified atom stereocenters. The van der Waals surface area contributed by atoms with Crippen LogP contribution in [-0.2, 0) is 0 Å². The zero-order valence-electron chi connectivity index (χ0n) is 8.37. The summed E-state index contributed by atoms with van der Waals surface area (Å²) in [5, 5.41) is 14.8. The van der Waals surface area contributed by atoms with Crippen molar-refractivity contribution in [2.24, 2.45) is 0 Å². The average Bonchev–Trinajstić information content (AvgIpc) is 2.59. The second-order valence-corrected chi connectivity index (χ2v) is 3.64. The minimum absolute atomic E-state index is 0.349. The van der Waals surface area contributed by atoms with E-state index in [0.29, 0.717) is 11.0 Å². The predicted octanol–water partition coefficient (Wildman–Crippen LogP) is 1.72. The molecule has 0 amide bonds. The van der Waals surface area contributed by atoms with Gasteiger partial charge in [0.15, 0.2) is 5.15 Å². The van der Waals surface area contributed by atoms with E-state index in [4.69, 9.17) is 17.3 Å². The smallest absolute Gasteiger partial charge is 0.161 e. The van der Waals surface area contributed by atoms with E-state index in [-0.39, 0.29) is 0 Å². The molecule has 0 fully saturated rings. The number of aromatic nitrogens is 4. The van der Waals surface area contributed by atoms with Crippen molar-refractivity contribution >= 4 is 17.4 Å². The number of aromatic amines is 1. The SMILES string of the molecule is Cc1nnc(Cl)c(-c2cc(N)n[nH]2)c1C. The highest BCUT2D eigenvalue weighted by Crippen LogP contribution is 2.29. The maximum Gasteiger partial charge on any atom is 0.161 e. The number of anilines is 1. The molecule has 15 heavy (non-hydrogen) atoms. The molecule has 78 valence electrons. The molecule has 0 saturated heterocycles. The summed E-state index contributed by atoms with van der Waals surface area (Å²) in [5.74, 6) is 0.426. The number of aryl methyl sites for hydroxylation is 1. The van der Waals surface area contributed by atoms with Gasteiger partial charge in [0, 0.05) is 11.6 Å². The molecule has 6 heteroatoms. The quantitative estimate of drug-likeness (QED) is 0.772. The number of hydrogen-bond donors (Lipinski definition) is 2. The van der Waals surface area contributed by atoms with Crippen molar-refractivity contribution in [1.29, 1.82) is 0 Å². The lowest BCUT2D eigenvalue weighted by molar-refractivity contribution is 0.960. The highest BCUT2D eigenvalue weighted by Gasteiger charge is 2.13. The summed E-state index contributed by atoms with van der Waals surface area (Å²) in [6, 6.07) is 1.72. The summed E-state index contributed by atoms with van der Waals surface area (Å²) < 4.78 is 0. The van der Waals surface area contributed by atoms with E-state index in [2.05, 4.69) is 20.4 Å². The lowest BCUT2D eigenvalue weighted by Crippen LogP contribution is -1.96. The Morgan fingerprint density at radius 2 is 2.07 bits per heavy atom. The summed E-state index contributed by atoms with van der Waals surface area (Å²) in [5.41, 5.74) is 8.90. The van der Waals surface area contributed by atoms with E-state index in [1.54, 1.807) is 6.07 Å². The van der Waals surface area contributed by atoms with Gasteiger partial charge in [-0.15, -0.1) is 5.10 Å². The highest BCUT2D eigenvalue weighted by molar-refractivity contribution is 6.32. The summed E-state index contributed by atoms with van der Waals surface area (Å²) in [6.45, 7) is 3.81. The molecule has 2 aromatic heterocycles. The molecular formula is C9H10ClN5. The third-order valence-electron chi connectivity index (χ3n) is 2.28. The van der Waals surface area contributed by atoms with E-state index in [9.17, 15) is 0 Å². The minimum Gasteiger partial charge on any atom is -0.382 e. The Bertz CT molecular complexity index is 505. The molecule has 0 saturated carbocycles. The molecule has 0 aliphatic carbocycles. The van der Waals surface area contributed by atoms with Crippen LogP contribution in [0.25, 0.3) is 11.3 Å². The Morgan fingerprint density at radius 3 is 2.67 bits per heavy atom. The number of hydrogen-bond acceptors (Lipinski definition) is 4. The average molecular weight is 224 g/mol. The number of H-pyrrole nitrogens is 1. The molecule has 0 aromatic carbocycles. The second-order valence-electron chi connectivity index (χ2n) is 3.28. The number of nitrogens with two attached hydrogens (primary N) is 1. The van der Waals surface area contributed by atoms with Gasteiger partial charge in [-0.3, -0.25) is 5.10 Å². The second kappa shape index (κ2) is 3.51. The van der Waals surface area contributed by atoms with E-state index < -0.39 is 0 Å². The van der Waals surface area contributed by atoms with Crippen LogP contribution in [-0.4, -0.2) is 20.4 Å². The zero-order valence-corrected chi connectivity index (χ0v) is 9.13. The Kier molecular flexibility index (Phi) is 2.32. The van der Waals surface area contributed by atoms with E-state index in [0.717, 1.165) is 22.5 Å². The van der Waals surface area contributed by atoms with Crippen LogP contribution in [0.5, 0.6) is 0 Å². The molecular weight excluding hydrogens is 214 g/mol. The maximum atomic E-state index is 5.98. The summed E-state index contributed by atoms with van der Waals surface area (Å²) in [7, 11) is 0. The molecule has 3 N–H and O–H groups in total. The third kappa shape index (κ3) is 1.66. The van der Waals surface area contributed by atoms with Gasteiger partial charge in [-0.25, -0.2) is 0 Å². The largest absolute Gasteiger partial charge is 0.382 e. The van der Waals surface area contributed by atoms with Gasteiger partial charge in [-0.1, -0.05) is 11.6 Å². The third-order valence-corrected chi connectivity index (χ3v) is 2.54. The van der Waals surface area contributed by atoms with Gasteiger partial charge in [-0.05, 0) is 19.4 Å². The van der Waals surface area contributed by atoms with Crippen molar-refractivity contribution in [2.45, 2.75) is 13.8 Å². The van der Waals surface area contributed by atoms with Gasteiger partial charge in [0.1, 0.15) is 5.82 Å². The fourth-order valence-corrected chi connectivity index (χ4v) is 1.64. The Hall–Kier alpha value is -1.62. The van der Waals surface area contributed by atoms with E-state index >= 15 is 0 Å². The number of nitrogens with one attached hydrogen (secondary N) is 1. The van der Waals surface area contributed by atoms with Crippen molar-refractivity contribution in [3.05, 3.63) is 22.5 Å². The fraction of sp³-hybridized carbons (Fsp3) is 0.222. The molecule has 0 aliphatic heterocycles. The zero-order chi connectivity index (χ0) is 11.0. The molecule has 2 aromatic rings. The molecule has 0 bridgehead atoms. The van der Waals surface area contributed by atoms with Crippen LogP contribution in [0.4, 0.5) is 5.82 Å². The fourth-order valence-electron chi connectivity index (χ4n) is 1.36. The van der Waals surface area contributed by atoms with Crippen molar-refractivity contribution in [3.63, 3.8) is 0 Å². The number of halogens is 1. The van der Waals surface area contributed by atoms with Crippen molar-refractivity contribution in [1.82, 2.24) is 20.4 Å². The van der Waals surface area contributed by atoms with Crippen LogP contribution >= 0.6 is 11.6 Å². The van der Waals surface area contributed by atoms with E-state index in [1.165, 1.54) is 0 Å². The summed E-state index contributed by atoms with van der Waals surface area (Å²) in [4.78, 5) is 0. The van der Waals surface area contributed by atoms with Crippen LogP contribution in [0.1, 0.15) is 11.3 Å². The first-order valence-electron chi connectivity index (χ1n) is 4.40. The monoisotopic (exact) mass is 223 g/mol. The minimum atomic E-state index is 0.349. The van der Waals surface area contributed by atoms with Crippen LogP contribution in [0, 0.1) is 13.8 Å².